The van der Waals surface area contributed by atoms with Crippen molar-refractivity contribution in [1.82, 2.24) is 0 Å². The highest BCUT2D eigenvalue weighted by Crippen LogP contribution is 2.27. The van der Waals surface area contributed by atoms with Crippen LogP contribution in [0.3, 0.4) is 0 Å². The lowest BCUT2D eigenvalue weighted by Gasteiger charge is -2.45. The molecule has 1 aliphatic carbocycles. The number of azo groups is 1. The van der Waals surface area contributed by atoms with Crippen molar-refractivity contribution in [3.8, 4) is 0 Å². The minimum atomic E-state index is 0. The van der Waals surface area contributed by atoms with Gasteiger partial charge in [0.2, 0.25) is 0 Å². The largest absolute Gasteiger partial charge is 0.391 e. The van der Waals surface area contributed by atoms with Crippen molar-refractivity contribution in [2.24, 2.45) is 27.5 Å². The summed E-state index contributed by atoms with van der Waals surface area (Å²) in [6, 6.07) is 60.0. The number of hydrogen-bond donors (Lipinski definition) is 1. The molecule has 0 bridgehead atoms. The van der Waals surface area contributed by atoms with Gasteiger partial charge in [-0.3, -0.25) is 0 Å². The zero-order chi connectivity index (χ0) is 54.6. The van der Waals surface area contributed by atoms with E-state index in [0.29, 0.717) is 12.0 Å². The molecule has 406 valence electrons. The van der Waals surface area contributed by atoms with Gasteiger partial charge in [0.05, 0.1) is 26.2 Å². The molecule has 5 aromatic carbocycles. The molecule has 7 rings (SSSR count). The zero-order valence-corrected chi connectivity index (χ0v) is 49.5. The molecule has 0 atom stereocenters. The number of quaternary nitrogens is 1. The third kappa shape index (κ3) is 90.1. The Morgan fingerprint density at radius 2 is 0.543 bits per heavy atom. The average Bonchev–Trinajstić information content (AvgIpc) is 3.43. The molecule has 0 amide bonds. The summed E-state index contributed by atoms with van der Waals surface area (Å²) < 4.78 is 1.19. The van der Waals surface area contributed by atoms with Gasteiger partial charge in [0, 0.05) is 20.5 Å². The molecule has 1 saturated carbocycles. The van der Waals surface area contributed by atoms with Gasteiger partial charge in [-0.2, -0.15) is 10.2 Å². The second kappa shape index (κ2) is 81.6. The van der Waals surface area contributed by atoms with Gasteiger partial charge in [-0.15, -0.1) is 0 Å². The molecule has 4 heteroatoms. The lowest BCUT2D eigenvalue weighted by Crippen LogP contribution is -2.59. The van der Waals surface area contributed by atoms with E-state index in [1.807, 2.05) is 265 Å². The van der Waals surface area contributed by atoms with Gasteiger partial charge < -0.3 is 9.59 Å². The normalized spacial score (nSPS) is 13.1. The van der Waals surface area contributed by atoms with Crippen LogP contribution in [0.15, 0.2) is 192 Å². The van der Waals surface area contributed by atoms with Gasteiger partial charge in [0.15, 0.2) is 0 Å². The maximum Gasteiger partial charge on any atom is 0.102 e. The van der Waals surface area contributed by atoms with Crippen LogP contribution in [-0.4, -0.2) is 56.5 Å². The fourth-order valence-electron chi connectivity index (χ4n) is 5.20. The predicted molar refractivity (Wildman–Crippen MR) is 327 cm³/mol. The summed E-state index contributed by atoms with van der Waals surface area (Å²) in [5.41, 5.74) is 0.500. The summed E-state index contributed by atoms with van der Waals surface area (Å²) in [5.74, 6) is 2.04. The van der Waals surface area contributed by atoms with Crippen LogP contribution < -0.4 is 0 Å². The minimum absolute atomic E-state index is 0. The Morgan fingerprint density at radius 3 is 0.629 bits per heavy atom. The summed E-state index contributed by atoms with van der Waals surface area (Å²) in [6.45, 7) is 44.9. The van der Waals surface area contributed by atoms with Crippen LogP contribution in [0.5, 0.6) is 0 Å². The monoisotopic (exact) mass is 973 g/mol. The number of benzene rings is 5. The molecule has 1 N–H and O–H groups in total. The van der Waals surface area contributed by atoms with E-state index in [1.54, 1.807) is 14.1 Å². The van der Waals surface area contributed by atoms with Crippen LogP contribution in [0.25, 0.3) is 0 Å². The van der Waals surface area contributed by atoms with Crippen molar-refractivity contribution in [2.75, 3.05) is 46.9 Å². The first-order valence-electron chi connectivity index (χ1n) is 27.2. The van der Waals surface area contributed by atoms with Gasteiger partial charge in [-0.25, -0.2) is 0 Å². The van der Waals surface area contributed by atoms with E-state index >= 15 is 0 Å². The molecule has 0 spiro atoms. The number of likely N-dealkylation sites (tertiary alicyclic amines) is 1. The Bertz CT molecular complexity index is 1060. The molecule has 70 heavy (non-hydrogen) atoms. The molecule has 4 nitrogen and oxygen atoms in total. The second-order valence-corrected chi connectivity index (χ2v) is 15.9. The van der Waals surface area contributed by atoms with Crippen LogP contribution in [0.1, 0.15) is 178 Å². The quantitative estimate of drug-likeness (QED) is 0.142. The highest BCUT2D eigenvalue weighted by molar-refractivity contribution is 5.01. The molecule has 1 aliphatic heterocycles. The summed E-state index contributed by atoms with van der Waals surface area (Å²) in [4.78, 5) is 0. The van der Waals surface area contributed by atoms with Crippen LogP contribution in [-0.2, 0) is 0 Å². The fourth-order valence-corrected chi connectivity index (χ4v) is 5.20. The van der Waals surface area contributed by atoms with Crippen molar-refractivity contribution in [3.05, 3.63) is 182 Å². The molecular formula is C66H122N3O+. The van der Waals surface area contributed by atoms with Crippen LogP contribution in [0.4, 0.5) is 0 Å². The fraction of sp³-hybridized carbons (Fsp3) is 0.545. The van der Waals surface area contributed by atoms with Crippen molar-refractivity contribution >= 4 is 0 Å². The van der Waals surface area contributed by atoms with Crippen molar-refractivity contribution in [2.45, 2.75) is 178 Å². The maximum atomic E-state index is 8.78. The van der Waals surface area contributed by atoms with Crippen LogP contribution in [0.2, 0.25) is 0 Å². The molecule has 0 unspecified atom stereocenters. The van der Waals surface area contributed by atoms with Gasteiger partial charge in [0.1, 0.15) is 6.54 Å². The Hall–Kier alpha value is -4.38. The maximum absolute atomic E-state index is 8.78. The Kier molecular flexibility index (Phi) is 99.6. The van der Waals surface area contributed by atoms with E-state index in [4.69, 9.17) is 5.11 Å². The Labute approximate surface area is 441 Å². The first kappa shape index (κ1) is 85.5. The van der Waals surface area contributed by atoms with E-state index in [0.717, 1.165) is 18.4 Å². The van der Waals surface area contributed by atoms with E-state index in [2.05, 4.69) is 58.7 Å². The third-order valence-corrected chi connectivity index (χ3v) is 8.38. The highest BCUT2D eigenvalue weighted by Gasteiger charge is 2.33. The number of aliphatic hydroxyl groups excluding tert-OH is 1. The molecule has 1 heterocycles. The number of rotatable bonds is 4. The molecule has 2 fully saturated rings. The number of hydrogen-bond acceptors (Lipinski definition) is 3. The molecular weight excluding hydrogens is 851 g/mol. The highest BCUT2D eigenvalue weighted by atomic mass is 16.3. The standard InChI is InChI=1S/C8H18NO.C8H16.5C6H6.C5H12.C2H6N2.6C2H6.CH4/c1-2-4-9(7-8-10)5-3-6-9;1-7-3-5-8(2)6-4-7;5*1-2-4-6-5-3-1;1-5(2,3)4;1-3-4-2;6*1-2;/h10H,2-8H2,1H3;7-8H,3-6H2,1-2H3;5*1-6H;1-4H3;1-2H3;6*1-2H3;1H4/q+1;;;;;;;;;;;;;;;. The minimum Gasteiger partial charge on any atom is -0.391 e. The van der Waals surface area contributed by atoms with E-state index in [9.17, 15) is 0 Å². The van der Waals surface area contributed by atoms with Crippen molar-refractivity contribution < 1.29 is 9.59 Å². The van der Waals surface area contributed by atoms with Crippen LogP contribution >= 0.6 is 0 Å². The number of aliphatic hydroxyl groups is 1. The van der Waals surface area contributed by atoms with Gasteiger partial charge >= 0.3 is 0 Å². The molecule has 2 aliphatic rings. The van der Waals surface area contributed by atoms with Gasteiger partial charge in [0.25, 0.3) is 0 Å². The molecule has 0 radical (unpaired) electrons. The third-order valence-electron chi connectivity index (χ3n) is 8.38. The summed E-state index contributed by atoms with van der Waals surface area (Å²) in [7, 11) is 3.28. The Balaban J connectivity index is -0.0000000836. The average molecular weight is 974 g/mol. The SMILES string of the molecule is C.CC.CC.CC.CC.CC.CC.CC(C)(C)C.CC1CCC(C)CC1.CCC[N+]1(CCO)CCC1.CN=NC.c1ccccc1.c1ccccc1.c1ccccc1.c1ccccc1.c1ccccc1. The van der Waals surface area contributed by atoms with Crippen molar-refractivity contribution in [1.29, 1.82) is 0 Å². The molecule has 5 aromatic rings. The van der Waals surface area contributed by atoms with Crippen molar-refractivity contribution in [3.63, 3.8) is 0 Å². The lowest BCUT2D eigenvalue weighted by atomic mass is 9.84. The summed E-state index contributed by atoms with van der Waals surface area (Å²) in [5, 5.41) is 15.5. The van der Waals surface area contributed by atoms with E-state index in [1.165, 1.54) is 62.6 Å². The van der Waals surface area contributed by atoms with Crippen LogP contribution in [0, 0.1) is 17.3 Å². The second-order valence-electron chi connectivity index (χ2n) is 15.9. The zero-order valence-electron chi connectivity index (χ0n) is 49.5. The summed E-state index contributed by atoms with van der Waals surface area (Å²) in [6.07, 6.45) is 8.50. The summed E-state index contributed by atoms with van der Waals surface area (Å²) >= 11 is 0. The number of nitrogens with zero attached hydrogens (tertiary/aromatic N) is 3. The lowest BCUT2D eigenvalue weighted by molar-refractivity contribution is -0.963. The van der Waals surface area contributed by atoms with E-state index < -0.39 is 0 Å². The van der Waals surface area contributed by atoms with Gasteiger partial charge in [-0.05, 0) is 23.7 Å². The predicted octanol–water partition coefficient (Wildman–Crippen LogP) is 21.4. The molecule has 1 saturated heterocycles. The van der Waals surface area contributed by atoms with Gasteiger partial charge in [-0.1, -0.05) is 347 Å². The van der Waals surface area contributed by atoms with E-state index in [-0.39, 0.29) is 7.43 Å². The Morgan fingerprint density at radius 1 is 0.386 bits per heavy atom. The smallest absolute Gasteiger partial charge is 0.102 e. The topological polar surface area (TPSA) is 45.0 Å². The first-order chi connectivity index (χ1) is 33.5. The molecule has 0 aromatic heterocycles. The first-order valence-corrected chi connectivity index (χ1v) is 27.2.